The molecule has 0 radical (unpaired) electrons. The molecule has 1 fully saturated rings. The molecule has 1 aliphatic heterocycles. The lowest BCUT2D eigenvalue weighted by atomic mass is 10.2. The molecule has 1 amide bonds. The molecule has 1 aromatic carbocycles. The summed E-state index contributed by atoms with van der Waals surface area (Å²) in [4.78, 5) is 11.2. The number of hydrogen-bond donors (Lipinski definition) is 1. The molecule has 1 N–H and O–H groups in total. The second-order valence-corrected chi connectivity index (χ2v) is 6.59. The minimum absolute atomic E-state index is 0.0601. The highest BCUT2D eigenvalue weighted by molar-refractivity contribution is 7.92. The number of hydrogen-bond acceptors (Lipinski definition) is 4. The molecule has 5 nitrogen and oxygen atoms in total. The van der Waals surface area contributed by atoms with Gasteiger partial charge in [0.05, 0.1) is 6.10 Å². The van der Waals surface area contributed by atoms with Crippen molar-refractivity contribution in [1.82, 2.24) is 5.32 Å². The Labute approximate surface area is 117 Å². The highest BCUT2D eigenvalue weighted by Crippen LogP contribution is 2.15. The van der Waals surface area contributed by atoms with Gasteiger partial charge < -0.3 is 10.1 Å². The van der Waals surface area contributed by atoms with Crippen LogP contribution in [0.4, 0.5) is 4.39 Å². The van der Waals surface area contributed by atoms with Crippen LogP contribution in [0.5, 0.6) is 0 Å². The van der Waals surface area contributed by atoms with Crippen LogP contribution in [0.1, 0.15) is 12.8 Å². The van der Waals surface area contributed by atoms with Crippen LogP contribution in [0.2, 0.25) is 0 Å². The first-order valence-corrected chi connectivity index (χ1v) is 8.00. The van der Waals surface area contributed by atoms with E-state index in [1.54, 1.807) is 0 Å². The molecule has 1 unspecified atom stereocenters. The summed E-state index contributed by atoms with van der Waals surface area (Å²) in [5.41, 5.74) is 0. The minimum atomic E-state index is -3.96. The fourth-order valence-corrected chi connectivity index (χ4v) is 3.29. The summed E-state index contributed by atoms with van der Waals surface area (Å²) in [6.07, 6.45) is 1.73. The Morgan fingerprint density at radius 1 is 1.40 bits per heavy atom. The molecule has 20 heavy (non-hydrogen) atoms. The normalized spacial score (nSPS) is 18.9. The summed E-state index contributed by atoms with van der Waals surface area (Å²) in [7, 11) is -3.96. The number of nitrogens with one attached hydrogen (secondary N) is 1. The smallest absolute Gasteiger partial charge is 0.235 e. The highest BCUT2D eigenvalue weighted by Gasteiger charge is 2.23. The summed E-state index contributed by atoms with van der Waals surface area (Å²) in [6, 6.07) is 5.02. The average Bonchev–Trinajstić information content (AvgIpc) is 2.89. The van der Waals surface area contributed by atoms with Gasteiger partial charge in [0.15, 0.2) is 9.84 Å². The van der Waals surface area contributed by atoms with E-state index in [9.17, 15) is 17.6 Å². The van der Waals surface area contributed by atoms with Crippen molar-refractivity contribution >= 4 is 15.7 Å². The highest BCUT2D eigenvalue weighted by atomic mass is 32.2. The van der Waals surface area contributed by atoms with E-state index in [2.05, 4.69) is 5.32 Å². The van der Waals surface area contributed by atoms with E-state index < -0.39 is 32.2 Å². The van der Waals surface area contributed by atoms with E-state index in [1.807, 2.05) is 0 Å². The Balaban J connectivity index is 1.94. The molecule has 0 aromatic heterocycles. The summed E-state index contributed by atoms with van der Waals surface area (Å²) in [6.45, 7) is 0.944. The third-order valence-corrected chi connectivity index (χ3v) is 4.69. The summed E-state index contributed by atoms with van der Waals surface area (Å²) >= 11 is 0. The van der Waals surface area contributed by atoms with E-state index in [-0.39, 0.29) is 12.6 Å². The van der Waals surface area contributed by atoms with Crippen LogP contribution in [0.15, 0.2) is 29.2 Å². The second kappa shape index (κ2) is 6.32. The van der Waals surface area contributed by atoms with E-state index in [4.69, 9.17) is 4.74 Å². The predicted octanol–water partition coefficient (Wildman–Crippen LogP) is 0.895. The SMILES string of the molecule is O=C(CS(=O)(=O)c1ccccc1F)NCC1CCCO1. The standard InChI is InChI=1S/C13H16FNO4S/c14-11-5-1-2-6-12(11)20(17,18)9-13(16)15-8-10-4-3-7-19-10/h1-2,5-6,10H,3-4,7-9H2,(H,15,16). The third-order valence-electron chi connectivity index (χ3n) is 3.04. The van der Waals surface area contributed by atoms with Gasteiger partial charge in [-0.3, -0.25) is 4.79 Å². The molecule has 2 rings (SSSR count). The zero-order chi connectivity index (χ0) is 14.6. The first-order valence-electron chi connectivity index (χ1n) is 6.34. The van der Waals surface area contributed by atoms with Gasteiger partial charge in [0.2, 0.25) is 5.91 Å². The van der Waals surface area contributed by atoms with Crippen LogP contribution in [0.3, 0.4) is 0 Å². The molecule has 0 spiro atoms. The van der Waals surface area contributed by atoms with Crippen LogP contribution >= 0.6 is 0 Å². The first-order chi connectivity index (χ1) is 9.49. The van der Waals surface area contributed by atoms with E-state index in [0.29, 0.717) is 6.61 Å². The zero-order valence-corrected chi connectivity index (χ0v) is 11.7. The van der Waals surface area contributed by atoms with Gasteiger partial charge in [-0.15, -0.1) is 0 Å². The van der Waals surface area contributed by atoms with Gasteiger partial charge in [-0.1, -0.05) is 12.1 Å². The van der Waals surface area contributed by atoms with Crippen molar-refractivity contribution in [2.45, 2.75) is 23.8 Å². The minimum Gasteiger partial charge on any atom is -0.376 e. The Morgan fingerprint density at radius 3 is 2.80 bits per heavy atom. The van der Waals surface area contributed by atoms with Crippen molar-refractivity contribution in [2.24, 2.45) is 0 Å². The van der Waals surface area contributed by atoms with Gasteiger partial charge in [-0.25, -0.2) is 12.8 Å². The third kappa shape index (κ3) is 3.77. The van der Waals surface area contributed by atoms with Crippen molar-refractivity contribution in [2.75, 3.05) is 18.9 Å². The number of carbonyl (C=O) groups is 1. The maximum Gasteiger partial charge on any atom is 0.235 e. The van der Waals surface area contributed by atoms with E-state index in [1.165, 1.54) is 12.1 Å². The van der Waals surface area contributed by atoms with Crippen LogP contribution in [-0.2, 0) is 19.4 Å². The summed E-state index contributed by atoms with van der Waals surface area (Å²) in [5.74, 6) is -2.26. The fourth-order valence-electron chi connectivity index (χ4n) is 2.03. The number of ether oxygens (including phenoxy) is 1. The Bertz CT molecular complexity index is 582. The number of benzene rings is 1. The van der Waals surface area contributed by atoms with Crippen LogP contribution in [-0.4, -0.2) is 39.3 Å². The Kier molecular flexibility index (Phi) is 4.72. The van der Waals surface area contributed by atoms with Crippen molar-refractivity contribution in [3.8, 4) is 0 Å². The van der Waals surface area contributed by atoms with Gasteiger partial charge >= 0.3 is 0 Å². The fraction of sp³-hybridized carbons (Fsp3) is 0.462. The van der Waals surface area contributed by atoms with Gasteiger partial charge in [-0.2, -0.15) is 0 Å². The first kappa shape index (κ1) is 14.9. The zero-order valence-electron chi connectivity index (χ0n) is 10.8. The number of rotatable bonds is 5. The molecule has 0 bridgehead atoms. The molecule has 1 aliphatic rings. The van der Waals surface area contributed by atoms with Gasteiger partial charge in [-0.05, 0) is 25.0 Å². The van der Waals surface area contributed by atoms with Crippen molar-refractivity contribution in [3.63, 3.8) is 0 Å². The van der Waals surface area contributed by atoms with Gasteiger partial charge in [0.1, 0.15) is 16.5 Å². The molecular formula is C13H16FNO4S. The number of sulfone groups is 1. The number of amides is 1. The molecule has 110 valence electrons. The molecule has 1 aromatic rings. The van der Waals surface area contributed by atoms with Crippen LogP contribution < -0.4 is 5.32 Å². The summed E-state index contributed by atoms with van der Waals surface area (Å²) in [5, 5.41) is 2.50. The largest absolute Gasteiger partial charge is 0.376 e. The van der Waals surface area contributed by atoms with Crippen molar-refractivity contribution in [1.29, 1.82) is 0 Å². The lowest BCUT2D eigenvalue weighted by Gasteiger charge is -2.11. The molecule has 1 atom stereocenters. The average molecular weight is 301 g/mol. The lowest BCUT2D eigenvalue weighted by molar-refractivity contribution is -0.119. The molecule has 0 saturated carbocycles. The van der Waals surface area contributed by atoms with Gasteiger partial charge in [0, 0.05) is 13.2 Å². The Hall–Kier alpha value is -1.47. The second-order valence-electron chi connectivity index (χ2n) is 4.63. The molecule has 7 heteroatoms. The lowest BCUT2D eigenvalue weighted by Crippen LogP contribution is -2.35. The number of halogens is 1. The van der Waals surface area contributed by atoms with Crippen LogP contribution in [0.25, 0.3) is 0 Å². The van der Waals surface area contributed by atoms with E-state index in [0.717, 1.165) is 25.0 Å². The van der Waals surface area contributed by atoms with Crippen LogP contribution in [0, 0.1) is 5.82 Å². The predicted molar refractivity (Wildman–Crippen MR) is 70.4 cm³/mol. The van der Waals surface area contributed by atoms with Crippen molar-refractivity contribution < 1.29 is 22.3 Å². The topological polar surface area (TPSA) is 72.5 Å². The van der Waals surface area contributed by atoms with Crippen molar-refractivity contribution in [3.05, 3.63) is 30.1 Å². The molecular weight excluding hydrogens is 285 g/mol. The monoisotopic (exact) mass is 301 g/mol. The Morgan fingerprint density at radius 2 is 2.15 bits per heavy atom. The maximum atomic E-state index is 13.4. The molecule has 0 aliphatic carbocycles. The number of carbonyl (C=O) groups excluding carboxylic acids is 1. The van der Waals surface area contributed by atoms with Gasteiger partial charge in [0.25, 0.3) is 0 Å². The molecule has 1 heterocycles. The quantitative estimate of drug-likeness (QED) is 0.877. The summed E-state index contributed by atoms with van der Waals surface area (Å²) < 4.78 is 42.6. The molecule has 1 saturated heterocycles. The maximum absolute atomic E-state index is 13.4. The van der Waals surface area contributed by atoms with E-state index >= 15 is 0 Å².